The fourth-order valence-electron chi connectivity index (χ4n) is 2.25. The van der Waals surface area contributed by atoms with Crippen molar-refractivity contribution in [1.29, 1.82) is 0 Å². The highest BCUT2D eigenvalue weighted by Crippen LogP contribution is 2.24. The van der Waals surface area contributed by atoms with E-state index in [1.54, 1.807) is 18.9 Å². The highest BCUT2D eigenvalue weighted by Gasteiger charge is 2.34. The molecule has 0 bridgehead atoms. The summed E-state index contributed by atoms with van der Waals surface area (Å²) >= 11 is 1.33. The van der Waals surface area contributed by atoms with E-state index >= 15 is 0 Å². The van der Waals surface area contributed by atoms with E-state index in [4.69, 9.17) is 0 Å². The number of hydrogen-bond donors (Lipinski definition) is 0. The fourth-order valence-corrected chi connectivity index (χ4v) is 4.98. The summed E-state index contributed by atoms with van der Waals surface area (Å²) in [6, 6.07) is -0.216. The van der Waals surface area contributed by atoms with Gasteiger partial charge < -0.3 is 9.47 Å². The Hall–Kier alpha value is -1.09. The number of amides is 1. The second-order valence-electron chi connectivity index (χ2n) is 5.35. The summed E-state index contributed by atoms with van der Waals surface area (Å²) in [5.74, 6) is 0.935. The molecular weight excluding hydrogens is 312 g/mol. The van der Waals surface area contributed by atoms with Gasteiger partial charge in [-0.3, -0.25) is 4.79 Å². The minimum Gasteiger partial charge on any atom is -0.341 e. The number of nitrogens with zero attached hydrogens (tertiary/aromatic N) is 4. The largest absolute Gasteiger partial charge is 0.341 e. The molecule has 0 aliphatic carbocycles. The van der Waals surface area contributed by atoms with Crippen LogP contribution in [0, 0.1) is 6.92 Å². The molecule has 0 N–H and O–H groups in total. The Morgan fingerprint density at radius 3 is 2.62 bits per heavy atom. The maximum Gasteiger partial charge on any atom is 0.235 e. The molecule has 118 valence electrons. The van der Waals surface area contributed by atoms with Crippen LogP contribution in [0.1, 0.15) is 19.2 Å². The molecule has 7 nitrogen and oxygen atoms in total. The van der Waals surface area contributed by atoms with Crippen molar-refractivity contribution in [3.8, 4) is 0 Å². The van der Waals surface area contributed by atoms with Gasteiger partial charge in [-0.2, -0.15) is 0 Å². The summed E-state index contributed by atoms with van der Waals surface area (Å²) in [4.78, 5) is 14.0. The molecule has 1 aromatic heterocycles. The van der Waals surface area contributed by atoms with Crippen LogP contribution >= 0.6 is 11.8 Å². The van der Waals surface area contributed by atoms with Crippen molar-refractivity contribution < 1.29 is 13.2 Å². The minimum absolute atomic E-state index is 0.0652. The van der Waals surface area contributed by atoms with Crippen LogP contribution in [-0.2, 0) is 21.7 Å². The molecule has 0 unspecified atom stereocenters. The third-order valence-electron chi connectivity index (χ3n) is 3.79. The SMILES string of the molecule is Cc1nnc(S[C@H](C)C(=O)N(C)[C@H]2CCS(=O)(=O)C2)n1C. The summed E-state index contributed by atoms with van der Waals surface area (Å²) in [5.41, 5.74) is 0. The van der Waals surface area contributed by atoms with Crippen LogP contribution in [0.25, 0.3) is 0 Å². The average molecular weight is 332 g/mol. The molecular formula is C12H20N4O3S2. The molecule has 1 amide bonds. The summed E-state index contributed by atoms with van der Waals surface area (Å²) in [7, 11) is 0.534. The molecule has 1 fully saturated rings. The molecule has 0 aromatic carbocycles. The van der Waals surface area contributed by atoms with Gasteiger partial charge in [0, 0.05) is 20.1 Å². The van der Waals surface area contributed by atoms with Crippen molar-refractivity contribution in [3.63, 3.8) is 0 Å². The number of hydrogen-bond acceptors (Lipinski definition) is 6. The van der Waals surface area contributed by atoms with Crippen molar-refractivity contribution in [2.45, 2.75) is 36.7 Å². The zero-order valence-electron chi connectivity index (χ0n) is 12.6. The molecule has 2 atom stereocenters. The topological polar surface area (TPSA) is 85.2 Å². The highest BCUT2D eigenvalue weighted by molar-refractivity contribution is 8.00. The van der Waals surface area contributed by atoms with Gasteiger partial charge in [-0.1, -0.05) is 11.8 Å². The molecule has 0 radical (unpaired) electrons. The van der Waals surface area contributed by atoms with Crippen LogP contribution in [0.5, 0.6) is 0 Å². The number of aromatic nitrogens is 3. The smallest absolute Gasteiger partial charge is 0.235 e. The third-order valence-corrected chi connectivity index (χ3v) is 6.66. The van der Waals surface area contributed by atoms with Crippen LogP contribution < -0.4 is 0 Å². The van der Waals surface area contributed by atoms with Crippen LogP contribution in [0.2, 0.25) is 0 Å². The molecule has 1 aliphatic heterocycles. The first-order chi connectivity index (χ1) is 9.71. The predicted molar refractivity (Wildman–Crippen MR) is 80.9 cm³/mol. The minimum atomic E-state index is -2.99. The van der Waals surface area contributed by atoms with E-state index in [0.29, 0.717) is 11.6 Å². The Bertz CT molecular complexity index is 641. The third kappa shape index (κ3) is 3.57. The number of sulfone groups is 1. The lowest BCUT2D eigenvalue weighted by molar-refractivity contribution is -0.130. The molecule has 9 heteroatoms. The molecule has 1 saturated heterocycles. The lowest BCUT2D eigenvalue weighted by atomic mass is 10.2. The summed E-state index contributed by atoms with van der Waals surface area (Å²) in [6.45, 7) is 3.65. The van der Waals surface area contributed by atoms with Crippen LogP contribution in [0.15, 0.2) is 5.16 Å². The van der Waals surface area contributed by atoms with E-state index in [-0.39, 0.29) is 28.7 Å². The van der Waals surface area contributed by atoms with Gasteiger partial charge in [-0.05, 0) is 20.3 Å². The van der Waals surface area contributed by atoms with E-state index < -0.39 is 9.84 Å². The van der Waals surface area contributed by atoms with Gasteiger partial charge in [0.05, 0.1) is 16.8 Å². The van der Waals surface area contributed by atoms with Gasteiger partial charge in [-0.25, -0.2) is 8.42 Å². The van der Waals surface area contributed by atoms with E-state index in [1.165, 1.54) is 11.8 Å². The molecule has 1 aromatic rings. The zero-order chi connectivity index (χ0) is 15.8. The number of thioether (sulfide) groups is 1. The van der Waals surface area contributed by atoms with E-state index in [9.17, 15) is 13.2 Å². The Morgan fingerprint density at radius 2 is 2.14 bits per heavy atom. The monoisotopic (exact) mass is 332 g/mol. The standard InChI is InChI=1S/C12H20N4O3S2/c1-8(20-12-14-13-9(2)15(12)3)11(17)16(4)10-5-6-21(18,19)7-10/h8,10H,5-7H2,1-4H3/t8-,10+/m1/s1. The number of rotatable bonds is 4. The highest BCUT2D eigenvalue weighted by atomic mass is 32.2. The summed E-state index contributed by atoms with van der Waals surface area (Å²) < 4.78 is 24.9. The first kappa shape index (κ1) is 16.3. The van der Waals surface area contributed by atoms with Crippen molar-refractivity contribution in [2.75, 3.05) is 18.6 Å². The zero-order valence-corrected chi connectivity index (χ0v) is 14.2. The Morgan fingerprint density at radius 1 is 1.48 bits per heavy atom. The maximum atomic E-state index is 12.4. The summed E-state index contributed by atoms with van der Waals surface area (Å²) in [5, 5.41) is 8.33. The molecule has 1 aliphatic rings. The lowest BCUT2D eigenvalue weighted by Gasteiger charge is -2.26. The summed E-state index contributed by atoms with van der Waals surface area (Å²) in [6.07, 6.45) is 0.519. The normalized spacial score (nSPS) is 22.2. The second kappa shape index (κ2) is 5.96. The fraction of sp³-hybridized carbons (Fsp3) is 0.750. The van der Waals surface area contributed by atoms with Gasteiger partial charge in [0.2, 0.25) is 5.91 Å². The van der Waals surface area contributed by atoms with E-state index in [2.05, 4.69) is 10.2 Å². The number of carbonyl (C=O) groups is 1. The Labute approximate surface area is 129 Å². The van der Waals surface area contributed by atoms with Gasteiger partial charge in [-0.15, -0.1) is 10.2 Å². The van der Waals surface area contributed by atoms with Crippen molar-refractivity contribution in [1.82, 2.24) is 19.7 Å². The van der Waals surface area contributed by atoms with Crippen LogP contribution in [0.3, 0.4) is 0 Å². The first-order valence-electron chi connectivity index (χ1n) is 6.71. The van der Waals surface area contributed by atoms with Crippen molar-refractivity contribution in [3.05, 3.63) is 5.82 Å². The quantitative estimate of drug-likeness (QED) is 0.735. The maximum absolute atomic E-state index is 12.4. The van der Waals surface area contributed by atoms with Gasteiger partial charge in [0.1, 0.15) is 5.82 Å². The van der Waals surface area contributed by atoms with Crippen LogP contribution in [-0.4, -0.2) is 63.8 Å². The van der Waals surface area contributed by atoms with Crippen molar-refractivity contribution >= 4 is 27.5 Å². The Kier molecular flexibility index (Phi) is 4.62. The Balaban J connectivity index is 2.01. The van der Waals surface area contributed by atoms with Crippen LogP contribution in [0.4, 0.5) is 0 Å². The van der Waals surface area contributed by atoms with Gasteiger partial charge in [0.25, 0.3) is 0 Å². The number of carbonyl (C=O) groups excluding carboxylic acids is 1. The molecule has 0 spiro atoms. The molecule has 2 rings (SSSR count). The van der Waals surface area contributed by atoms with Crippen molar-refractivity contribution in [2.24, 2.45) is 7.05 Å². The molecule has 2 heterocycles. The number of aryl methyl sites for hydroxylation is 1. The second-order valence-corrected chi connectivity index (χ2v) is 8.89. The average Bonchev–Trinajstić information content (AvgIpc) is 2.93. The first-order valence-corrected chi connectivity index (χ1v) is 9.41. The lowest BCUT2D eigenvalue weighted by Crippen LogP contribution is -2.41. The van der Waals surface area contributed by atoms with E-state index in [1.807, 2.05) is 18.5 Å². The van der Waals surface area contributed by atoms with Gasteiger partial charge >= 0.3 is 0 Å². The molecule has 0 saturated carbocycles. The molecule has 21 heavy (non-hydrogen) atoms. The van der Waals surface area contributed by atoms with E-state index in [0.717, 1.165) is 5.82 Å². The van der Waals surface area contributed by atoms with Gasteiger partial charge in [0.15, 0.2) is 15.0 Å². The predicted octanol–water partition coefficient (Wildman–Crippen LogP) is 0.250.